The summed E-state index contributed by atoms with van der Waals surface area (Å²) in [5, 5.41) is 2.00. The topological polar surface area (TPSA) is 40.1 Å². The predicted octanol–water partition coefficient (Wildman–Crippen LogP) is 2.32. The quantitative estimate of drug-likeness (QED) is 0.652. The number of rotatable bonds is 1. The molecule has 0 spiro atoms. The molecule has 0 saturated carbocycles. The van der Waals surface area contributed by atoms with Crippen LogP contribution in [0.25, 0.3) is 10.8 Å². The van der Waals surface area contributed by atoms with Gasteiger partial charge in [0.25, 0.3) is 0 Å². The molecule has 68 valence electrons. The zero-order valence-electron chi connectivity index (χ0n) is 6.77. The Morgan fingerprint density at radius 2 is 1.77 bits per heavy atom. The first kappa shape index (κ1) is 8.41. The van der Waals surface area contributed by atoms with Crippen LogP contribution in [0.15, 0.2) is 47.4 Å². The number of hydrogen-bond acceptors (Lipinski definition) is 2. The Hall–Kier alpha value is -1.19. The van der Waals surface area contributed by atoms with Crippen LogP contribution in [0, 0.1) is 0 Å². The largest absolute Gasteiger partial charge is 0.768 e. The summed E-state index contributed by atoms with van der Waals surface area (Å²) in [5.74, 6) is 0. The van der Waals surface area contributed by atoms with Crippen LogP contribution in [0.4, 0.5) is 0 Å². The highest BCUT2D eigenvalue weighted by molar-refractivity contribution is 7.79. The number of hydrogen-bond donors (Lipinski definition) is 0. The van der Waals surface area contributed by atoms with Crippen LogP contribution in [0.3, 0.4) is 0 Å². The van der Waals surface area contributed by atoms with Crippen LogP contribution >= 0.6 is 0 Å². The normalized spacial score (nSPS) is 13.0. The van der Waals surface area contributed by atoms with Gasteiger partial charge in [-0.1, -0.05) is 30.3 Å². The molecule has 1 atom stereocenters. The molecular weight excluding hydrogens is 184 g/mol. The summed E-state index contributed by atoms with van der Waals surface area (Å²) in [5.41, 5.74) is 0. The van der Waals surface area contributed by atoms with Crippen molar-refractivity contribution in [1.29, 1.82) is 0 Å². The zero-order chi connectivity index (χ0) is 9.26. The van der Waals surface area contributed by atoms with Crippen LogP contribution in [-0.4, -0.2) is 8.76 Å². The van der Waals surface area contributed by atoms with Gasteiger partial charge in [0.05, 0.1) is 0 Å². The molecule has 0 N–H and O–H groups in total. The van der Waals surface area contributed by atoms with Crippen LogP contribution in [0.2, 0.25) is 0 Å². The maximum Gasteiger partial charge on any atom is 0.0255 e. The second-order valence-electron chi connectivity index (χ2n) is 2.74. The summed E-state index contributed by atoms with van der Waals surface area (Å²) in [6.07, 6.45) is 0. The first-order chi connectivity index (χ1) is 6.27. The molecule has 2 aromatic carbocycles. The Kier molecular flexibility index (Phi) is 2.12. The average Bonchev–Trinajstić information content (AvgIpc) is 2.17. The minimum atomic E-state index is -2.13. The molecule has 13 heavy (non-hydrogen) atoms. The molecule has 1 unspecified atom stereocenters. The lowest BCUT2D eigenvalue weighted by atomic mass is 10.1. The van der Waals surface area contributed by atoms with Gasteiger partial charge in [0.2, 0.25) is 0 Å². The van der Waals surface area contributed by atoms with E-state index in [-0.39, 0.29) is 1.43 Å². The predicted molar refractivity (Wildman–Crippen MR) is 53.2 cm³/mol. The monoisotopic (exact) mass is 193 g/mol. The second-order valence-corrected chi connectivity index (χ2v) is 3.68. The van der Waals surface area contributed by atoms with E-state index in [0.29, 0.717) is 4.90 Å². The SMILES string of the molecule is O=S([O-])c1ccc2ccccc2c1.[HH]. The average molecular weight is 193 g/mol. The summed E-state index contributed by atoms with van der Waals surface area (Å²) < 4.78 is 21.3. The molecule has 0 fully saturated rings. The van der Waals surface area contributed by atoms with Crippen molar-refractivity contribution < 1.29 is 10.2 Å². The maximum absolute atomic E-state index is 10.6. The molecule has 3 heteroatoms. The molecule has 0 saturated heterocycles. The third-order valence-electron chi connectivity index (χ3n) is 1.91. The van der Waals surface area contributed by atoms with Gasteiger partial charge in [-0.15, -0.1) is 0 Å². The van der Waals surface area contributed by atoms with Crippen LogP contribution in [0.5, 0.6) is 0 Å². The van der Waals surface area contributed by atoms with Crippen molar-refractivity contribution in [3.63, 3.8) is 0 Å². The summed E-state index contributed by atoms with van der Waals surface area (Å²) in [6.45, 7) is 0. The zero-order valence-corrected chi connectivity index (χ0v) is 7.58. The van der Waals surface area contributed by atoms with E-state index in [1.165, 1.54) is 0 Å². The number of benzene rings is 2. The minimum Gasteiger partial charge on any atom is -0.768 e. The van der Waals surface area contributed by atoms with Crippen LogP contribution in [-0.2, 0) is 11.1 Å². The lowest BCUT2D eigenvalue weighted by Crippen LogP contribution is -1.87. The molecule has 0 amide bonds. The van der Waals surface area contributed by atoms with Crippen molar-refractivity contribution in [2.45, 2.75) is 4.90 Å². The highest BCUT2D eigenvalue weighted by Crippen LogP contribution is 2.16. The van der Waals surface area contributed by atoms with Crippen molar-refractivity contribution >= 4 is 21.9 Å². The molecule has 0 heterocycles. The Morgan fingerprint density at radius 3 is 2.46 bits per heavy atom. The van der Waals surface area contributed by atoms with Crippen molar-refractivity contribution in [1.82, 2.24) is 0 Å². The maximum atomic E-state index is 10.6. The van der Waals surface area contributed by atoms with E-state index in [1.807, 2.05) is 24.3 Å². The Morgan fingerprint density at radius 1 is 1.08 bits per heavy atom. The lowest BCUT2D eigenvalue weighted by molar-refractivity contribution is 0.537. The molecule has 2 nitrogen and oxygen atoms in total. The van der Waals surface area contributed by atoms with E-state index in [2.05, 4.69) is 0 Å². The lowest BCUT2D eigenvalue weighted by Gasteiger charge is -2.05. The third kappa shape index (κ3) is 1.61. The summed E-state index contributed by atoms with van der Waals surface area (Å²) in [7, 11) is 0. The summed E-state index contributed by atoms with van der Waals surface area (Å²) in [4.78, 5) is 0.332. The molecular formula is C10H9O2S-. The van der Waals surface area contributed by atoms with Crippen molar-refractivity contribution in [3.8, 4) is 0 Å². The van der Waals surface area contributed by atoms with E-state index < -0.39 is 11.1 Å². The first-order valence-corrected chi connectivity index (χ1v) is 4.93. The molecule has 0 bridgehead atoms. The van der Waals surface area contributed by atoms with E-state index in [9.17, 15) is 8.76 Å². The van der Waals surface area contributed by atoms with Crippen molar-refractivity contribution in [2.75, 3.05) is 0 Å². The fraction of sp³-hybridized carbons (Fsp3) is 0. The Labute approximate surface area is 80.0 Å². The molecule has 0 radical (unpaired) electrons. The van der Waals surface area contributed by atoms with E-state index in [0.717, 1.165) is 10.8 Å². The fourth-order valence-corrected chi connectivity index (χ4v) is 1.67. The molecule has 2 aromatic rings. The molecule has 0 aliphatic heterocycles. The first-order valence-electron chi connectivity index (χ1n) is 3.85. The van der Waals surface area contributed by atoms with Crippen molar-refractivity contribution in [2.24, 2.45) is 0 Å². The minimum absolute atomic E-state index is 0. The van der Waals surface area contributed by atoms with Gasteiger partial charge in [-0.2, -0.15) is 0 Å². The Balaban J connectivity index is 0.000000980. The fourth-order valence-electron chi connectivity index (χ4n) is 1.27. The third-order valence-corrected chi connectivity index (χ3v) is 2.55. The summed E-state index contributed by atoms with van der Waals surface area (Å²) in [6, 6.07) is 12.7. The van der Waals surface area contributed by atoms with Crippen LogP contribution in [0.1, 0.15) is 1.43 Å². The van der Waals surface area contributed by atoms with E-state index >= 15 is 0 Å². The molecule has 0 aliphatic carbocycles. The molecule has 0 aromatic heterocycles. The molecule has 0 aliphatic rings. The highest BCUT2D eigenvalue weighted by atomic mass is 32.2. The van der Waals surface area contributed by atoms with Gasteiger partial charge in [0.15, 0.2) is 0 Å². The second kappa shape index (κ2) is 3.28. The van der Waals surface area contributed by atoms with E-state index in [1.54, 1.807) is 18.2 Å². The Bertz CT molecular complexity index is 470. The van der Waals surface area contributed by atoms with Gasteiger partial charge < -0.3 is 4.55 Å². The highest BCUT2D eigenvalue weighted by Gasteiger charge is 1.94. The standard InChI is InChI=1S/C10H8O2S.H2/c11-13(12)10-6-5-8-3-1-2-4-9(8)7-10;/h1-7H,(H,11,12);1H/p-1. The van der Waals surface area contributed by atoms with Gasteiger partial charge in [-0.05, 0) is 34.0 Å². The number of fused-ring (bicyclic) bond motifs is 1. The van der Waals surface area contributed by atoms with Gasteiger partial charge in [-0.3, -0.25) is 4.21 Å². The van der Waals surface area contributed by atoms with E-state index in [4.69, 9.17) is 0 Å². The van der Waals surface area contributed by atoms with Gasteiger partial charge in [0, 0.05) is 6.32 Å². The van der Waals surface area contributed by atoms with Gasteiger partial charge in [0.1, 0.15) is 0 Å². The van der Waals surface area contributed by atoms with Gasteiger partial charge in [-0.25, -0.2) is 0 Å². The summed E-state index contributed by atoms with van der Waals surface area (Å²) >= 11 is -2.13. The molecule has 2 rings (SSSR count). The van der Waals surface area contributed by atoms with Crippen molar-refractivity contribution in [3.05, 3.63) is 42.5 Å². The smallest absolute Gasteiger partial charge is 0.0255 e. The van der Waals surface area contributed by atoms with Gasteiger partial charge >= 0.3 is 0 Å². The van der Waals surface area contributed by atoms with Crippen LogP contribution < -0.4 is 0 Å².